The van der Waals surface area contributed by atoms with E-state index in [1.54, 1.807) is 24.3 Å². The van der Waals surface area contributed by atoms with Gasteiger partial charge in [-0.2, -0.15) is 0 Å². The molecule has 12 heteroatoms. The lowest BCUT2D eigenvalue weighted by Crippen LogP contribution is -2.43. The van der Waals surface area contributed by atoms with Crippen molar-refractivity contribution in [3.8, 4) is 11.5 Å². The number of benzene rings is 2. The van der Waals surface area contributed by atoms with Crippen molar-refractivity contribution >= 4 is 52.6 Å². The number of nitrogens with one attached hydrogen (secondary N) is 2. The average molecular weight is 510 g/mol. The fraction of sp³-hybridized carbons (Fsp3) is 0.273. The summed E-state index contributed by atoms with van der Waals surface area (Å²) in [5, 5.41) is 4.14. The Labute approximate surface area is 205 Å². The lowest BCUT2D eigenvalue weighted by atomic mass is 10.1. The molecular weight excluding hydrogens is 489 g/mol. The first-order valence-electron chi connectivity index (χ1n) is 9.97. The van der Waals surface area contributed by atoms with Crippen LogP contribution in [0, 0.1) is 5.92 Å². The quantitative estimate of drug-likeness (QED) is 0.524. The average Bonchev–Trinajstić information content (AvgIpc) is 3.19. The summed E-state index contributed by atoms with van der Waals surface area (Å²) in [6.45, 7) is -0.677. The van der Waals surface area contributed by atoms with Crippen molar-refractivity contribution < 1.29 is 33.4 Å². The molecule has 1 fully saturated rings. The third-order valence-electron chi connectivity index (χ3n) is 4.90. The summed E-state index contributed by atoms with van der Waals surface area (Å²) < 4.78 is 15.4. The zero-order chi connectivity index (χ0) is 24.8. The molecule has 3 amide bonds. The normalized spacial score (nSPS) is 15.0. The summed E-state index contributed by atoms with van der Waals surface area (Å²) in [4.78, 5) is 49.5. The monoisotopic (exact) mass is 509 g/mol. The molecule has 1 aliphatic heterocycles. The molecule has 34 heavy (non-hydrogen) atoms. The first-order chi connectivity index (χ1) is 16.2. The zero-order valence-corrected chi connectivity index (χ0v) is 19.7. The Kier molecular flexibility index (Phi) is 8.19. The number of halogens is 2. The maximum absolute atomic E-state index is 12.8. The van der Waals surface area contributed by atoms with Crippen LogP contribution in [0.25, 0.3) is 0 Å². The molecule has 0 saturated carbocycles. The molecule has 1 aliphatic rings. The Morgan fingerprint density at radius 1 is 1.06 bits per heavy atom. The van der Waals surface area contributed by atoms with Gasteiger partial charge in [-0.3, -0.25) is 29.6 Å². The van der Waals surface area contributed by atoms with Gasteiger partial charge in [-0.15, -0.1) is 0 Å². The molecule has 180 valence electrons. The molecule has 0 spiro atoms. The van der Waals surface area contributed by atoms with Crippen molar-refractivity contribution in [3.63, 3.8) is 0 Å². The molecule has 0 unspecified atom stereocenters. The smallest absolute Gasteiger partial charge is 0.311 e. The van der Waals surface area contributed by atoms with E-state index < -0.39 is 36.2 Å². The highest BCUT2D eigenvalue weighted by atomic mass is 35.5. The number of anilines is 1. The number of ether oxygens (including phenoxy) is 3. The van der Waals surface area contributed by atoms with Gasteiger partial charge in [0.15, 0.2) is 6.61 Å². The van der Waals surface area contributed by atoms with E-state index in [-0.39, 0.29) is 35.1 Å². The van der Waals surface area contributed by atoms with Crippen LogP contribution in [-0.4, -0.2) is 56.1 Å². The molecule has 0 bridgehead atoms. The third-order valence-corrected chi connectivity index (χ3v) is 5.64. The zero-order valence-electron chi connectivity index (χ0n) is 18.2. The lowest BCUT2D eigenvalue weighted by molar-refractivity contribution is -0.151. The number of rotatable bonds is 8. The van der Waals surface area contributed by atoms with Gasteiger partial charge in [0.05, 0.1) is 36.7 Å². The topological polar surface area (TPSA) is 123 Å². The maximum atomic E-state index is 12.8. The predicted molar refractivity (Wildman–Crippen MR) is 123 cm³/mol. The van der Waals surface area contributed by atoms with Gasteiger partial charge in [-0.25, -0.2) is 0 Å². The van der Waals surface area contributed by atoms with Crippen molar-refractivity contribution in [2.45, 2.75) is 6.42 Å². The molecule has 2 N–H and O–H groups in total. The van der Waals surface area contributed by atoms with E-state index in [2.05, 4.69) is 10.7 Å². The van der Waals surface area contributed by atoms with Crippen LogP contribution in [-0.2, 0) is 19.1 Å². The van der Waals surface area contributed by atoms with Gasteiger partial charge in [-0.05, 0) is 30.3 Å². The Balaban J connectivity index is 1.55. The predicted octanol–water partition coefficient (Wildman–Crippen LogP) is 2.69. The molecule has 0 radical (unpaired) electrons. The second-order valence-electron chi connectivity index (χ2n) is 7.17. The molecule has 1 atom stereocenters. The molecule has 2 aromatic rings. The van der Waals surface area contributed by atoms with Crippen LogP contribution < -0.4 is 20.2 Å². The fourth-order valence-electron chi connectivity index (χ4n) is 3.25. The van der Waals surface area contributed by atoms with Crippen molar-refractivity contribution in [1.82, 2.24) is 10.4 Å². The summed E-state index contributed by atoms with van der Waals surface area (Å²) in [5.74, 6) is -2.80. The fourth-order valence-corrected chi connectivity index (χ4v) is 3.55. The van der Waals surface area contributed by atoms with E-state index in [0.717, 1.165) is 5.01 Å². The van der Waals surface area contributed by atoms with Crippen LogP contribution in [0.5, 0.6) is 11.5 Å². The van der Waals surface area contributed by atoms with Crippen LogP contribution in [0.2, 0.25) is 10.0 Å². The van der Waals surface area contributed by atoms with E-state index in [1.807, 2.05) is 0 Å². The van der Waals surface area contributed by atoms with Crippen LogP contribution in [0.15, 0.2) is 36.4 Å². The van der Waals surface area contributed by atoms with Crippen LogP contribution >= 0.6 is 23.2 Å². The van der Waals surface area contributed by atoms with Gasteiger partial charge in [0.2, 0.25) is 5.91 Å². The van der Waals surface area contributed by atoms with E-state index in [1.165, 1.54) is 26.4 Å². The minimum Gasteiger partial charge on any atom is -0.496 e. The Hall–Kier alpha value is -3.50. The van der Waals surface area contributed by atoms with Crippen molar-refractivity contribution in [1.29, 1.82) is 0 Å². The van der Waals surface area contributed by atoms with Crippen molar-refractivity contribution in [2.75, 3.05) is 32.7 Å². The SMILES string of the molecule is COc1cccc(OC)c1C(=O)NN1C[C@@H](C(=O)OCC(=O)Nc2ccc(Cl)c(Cl)c2)CC1=O. The van der Waals surface area contributed by atoms with Gasteiger partial charge in [0.25, 0.3) is 11.8 Å². The van der Waals surface area contributed by atoms with Crippen LogP contribution in [0.1, 0.15) is 16.8 Å². The van der Waals surface area contributed by atoms with Crippen LogP contribution in [0.4, 0.5) is 5.69 Å². The van der Waals surface area contributed by atoms with Gasteiger partial charge in [0, 0.05) is 12.1 Å². The number of hydrogen-bond donors (Lipinski definition) is 2. The summed E-state index contributed by atoms with van der Waals surface area (Å²) >= 11 is 11.7. The Morgan fingerprint density at radius 2 is 1.74 bits per heavy atom. The second kappa shape index (κ2) is 11.1. The number of esters is 1. The lowest BCUT2D eigenvalue weighted by Gasteiger charge is -2.19. The molecule has 0 aromatic heterocycles. The first-order valence-corrected chi connectivity index (χ1v) is 10.7. The number of nitrogens with zero attached hydrogens (tertiary/aromatic N) is 1. The largest absolute Gasteiger partial charge is 0.496 e. The number of hydrazine groups is 1. The highest BCUT2D eigenvalue weighted by Crippen LogP contribution is 2.29. The second-order valence-corrected chi connectivity index (χ2v) is 7.98. The number of carbonyl (C=O) groups is 4. The highest BCUT2D eigenvalue weighted by Gasteiger charge is 2.37. The van der Waals surface area contributed by atoms with Crippen molar-refractivity contribution in [2.24, 2.45) is 5.92 Å². The Morgan fingerprint density at radius 3 is 2.35 bits per heavy atom. The molecule has 10 nitrogen and oxygen atoms in total. The van der Waals surface area contributed by atoms with Gasteiger partial charge >= 0.3 is 5.97 Å². The minimum atomic E-state index is -0.856. The minimum absolute atomic E-state index is 0.102. The van der Waals surface area contributed by atoms with E-state index >= 15 is 0 Å². The Bertz CT molecular complexity index is 1100. The van der Waals surface area contributed by atoms with E-state index in [9.17, 15) is 19.2 Å². The third kappa shape index (κ3) is 5.89. The van der Waals surface area contributed by atoms with E-state index in [0.29, 0.717) is 10.7 Å². The molecule has 1 saturated heterocycles. The summed E-state index contributed by atoms with van der Waals surface area (Å²) in [5.41, 5.74) is 2.94. The summed E-state index contributed by atoms with van der Waals surface area (Å²) in [6.07, 6.45) is -0.184. The van der Waals surface area contributed by atoms with Gasteiger partial charge in [-0.1, -0.05) is 29.3 Å². The molecule has 1 heterocycles. The van der Waals surface area contributed by atoms with Crippen molar-refractivity contribution in [3.05, 3.63) is 52.0 Å². The highest BCUT2D eigenvalue weighted by molar-refractivity contribution is 6.42. The van der Waals surface area contributed by atoms with Gasteiger partial charge < -0.3 is 19.5 Å². The molecular formula is C22H21Cl2N3O7. The number of methoxy groups -OCH3 is 2. The molecule has 0 aliphatic carbocycles. The summed E-state index contributed by atoms with van der Waals surface area (Å²) in [6, 6.07) is 9.31. The van der Waals surface area contributed by atoms with Crippen LogP contribution in [0.3, 0.4) is 0 Å². The van der Waals surface area contributed by atoms with Gasteiger partial charge in [0.1, 0.15) is 17.1 Å². The summed E-state index contributed by atoms with van der Waals surface area (Å²) in [7, 11) is 2.80. The number of amides is 3. The molecule has 3 rings (SSSR count). The van der Waals surface area contributed by atoms with E-state index in [4.69, 9.17) is 37.4 Å². The molecule has 2 aromatic carbocycles. The standard InChI is InChI=1S/C22H21Cl2N3O7/c1-32-16-4-3-5-17(33-2)20(16)21(30)26-27-10-12(8-19(27)29)22(31)34-11-18(28)25-13-6-7-14(23)15(24)9-13/h3-7,9,12H,8,10-11H2,1-2H3,(H,25,28)(H,26,30)/t12-/m0/s1. The number of hydrogen-bond acceptors (Lipinski definition) is 7. The first kappa shape index (κ1) is 25.1. The number of carbonyl (C=O) groups excluding carboxylic acids is 4. The maximum Gasteiger partial charge on any atom is 0.311 e.